The molecule has 3 aromatic rings. The number of aryl methyl sites for hydroxylation is 1. The van der Waals surface area contributed by atoms with Crippen molar-refractivity contribution >= 4 is 22.4 Å². The minimum Gasteiger partial charge on any atom is -0.486 e. The zero-order valence-corrected chi connectivity index (χ0v) is 12.7. The molecule has 112 valence electrons. The Morgan fingerprint density at radius 3 is 2.86 bits per heavy atom. The van der Waals surface area contributed by atoms with Gasteiger partial charge in [0.25, 0.3) is 5.91 Å². The van der Waals surface area contributed by atoms with Crippen molar-refractivity contribution in [2.75, 3.05) is 5.32 Å². The topological polar surface area (TPSA) is 64.4 Å². The zero-order chi connectivity index (χ0) is 15.4. The first-order chi connectivity index (χ1) is 10.7. The minimum absolute atomic E-state index is 0.191. The van der Waals surface area contributed by atoms with Crippen LogP contribution in [-0.4, -0.2) is 10.9 Å². The van der Waals surface area contributed by atoms with E-state index >= 15 is 0 Å². The summed E-state index contributed by atoms with van der Waals surface area (Å²) in [6.45, 7) is 2.20. The van der Waals surface area contributed by atoms with Crippen LogP contribution in [0.15, 0.2) is 52.6 Å². The van der Waals surface area contributed by atoms with Gasteiger partial charge in [-0.05, 0) is 25.1 Å². The van der Waals surface area contributed by atoms with E-state index in [0.717, 1.165) is 11.3 Å². The quantitative estimate of drug-likeness (QED) is 0.776. The van der Waals surface area contributed by atoms with E-state index in [2.05, 4.69) is 10.3 Å². The van der Waals surface area contributed by atoms with Crippen LogP contribution in [0.5, 0.6) is 5.75 Å². The molecule has 0 saturated carbocycles. The zero-order valence-electron chi connectivity index (χ0n) is 11.9. The van der Waals surface area contributed by atoms with Gasteiger partial charge in [-0.1, -0.05) is 17.7 Å². The molecular formula is C16H14N2O3S. The number of carbonyl (C=O) groups is 1. The number of nitrogens with zero attached hydrogens (tertiary/aromatic N) is 1. The molecule has 0 fully saturated rings. The van der Waals surface area contributed by atoms with Crippen molar-refractivity contribution in [3.63, 3.8) is 0 Å². The van der Waals surface area contributed by atoms with Crippen LogP contribution >= 0.6 is 11.3 Å². The third kappa shape index (κ3) is 3.35. The highest BCUT2D eigenvalue weighted by Gasteiger charge is 2.16. The minimum atomic E-state index is -0.258. The molecule has 6 heteroatoms. The van der Waals surface area contributed by atoms with Crippen molar-refractivity contribution in [3.8, 4) is 5.75 Å². The molecule has 0 saturated heterocycles. The van der Waals surface area contributed by atoms with Crippen molar-refractivity contribution in [1.82, 2.24) is 4.98 Å². The average Bonchev–Trinajstić information content (AvgIpc) is 3.17. The van der Waals surface area contributed by atoms with Gasteiger partial charge < -0.3 is 9.15 Å². The molecule has 0 aliphatic carbocycles. The van der Waals surface area contributed by atoms with Gasteiger partial charge in [-0.15, -0.1) is 11.3 Å². The largest absolute Gasteiger partial charge is 0.486 e. The molecule has 2 heterocycles. The predicted octanol–water partition coefficient (Wildman–Crippen LogP) is 3.88. The van der Waals surface area contributed by atoms with Crippen LogP contribution in [-0.2, 0) is 6.61 Å². The molecule has 1 N–H and O–H groups in total. The summed E-state index contributed by atoms with van der Waals surface area (Å²) in [4.78, 5) is 16.2. The lowest BCUT2D eigenvalue weighted by atomic mass is 10.2. The molecule has 1 aromatic carbocycles. The maximum Gasteiger partial charge on any atom is 0.261 e. The number of anilines is 1. The van der Waals surface area contributed by atoms with Crippen LogP contribution in [0.2, 0.25) is 0 Å². The van der Waals surface area contributed by atoms with Crippen molar-refractivity contribution < 1.29 is 13.9 Å². The smallest absolute Gasteiger partial charge is 0.261 e. The van der Waals surface area contributed by atoms with Gasteiger partial charge in [-0.2, -0.15) is 0 Å². The van der Waals surface area contributed by atoms with Gasteiger partial charge in [0.1, 0.15) is 12.4 Å². The Morgan fingerprint density at radius 1 is 1.32 bits per heavy atom. The van der Waals surface area contributed by atoms with Gasteiger partial charge in [0.15, 0.2) is 10.9 Å². The Labute approximate surface area is 131 Å². The van der Waals surface area contributed by atoms with E-state index in [1.807, 2.05) is 31.2 Å². The Morgan fingerprint density at radius 2 is 2.14 bits per heavy atom. The molecule has 0 spiro atoms. The van der Waals surface area contributed by atoms with Crippen LogP contribution in [0.3, 0.4) is 0 Å². The molecule has 22 heavy (non-hydrogen) atoms. The van der Waals surface area contributed by atoms with Crippen LogP contribution in [0.25, 0.3) is 0 Å². The monoisotopic (exact) mass is 314 g/mol. The fourth-order valence-corrected chi connectivity index (χ4v) is 2.41. The number of aromatic nitrogens is 1. The summed E-state index contributed by atoms with van der Waals surface area (Å²) in [5.74, 6) is 0.953. The number of ether oxygens (including phenoxy) is 1. The summed E-state index contributed by atoms with van der Waals surface area (Å²) in [6, 6.07) is 9.32. The molecule has 0 aliphatic rings. The van der Waals surface area contributed by atoms with Crippen molar-refractivity contribution in [3.05, 3.63) is 65.1 Å². The first kappa shape index (κ1) is 14.3. The van der Waals surface area contributed by atoms with E-state index in [1.54, 1.807) is 17.6 Å². The Kier molecular flexibility index (Phi) is 4.20. The third-order valence-electron chi connectivity index (χ3n) is 3.03. The molecule has 0 radical (unpaired) electrons. The third-order valence-corrected chi connectivity index (χ3v) is 3.72. The van der Waals surface area contributed by atoms with Crippen LogP contribution in [0.1, 0.15) is 21.7 Å². The van der Waals surface area contributed by atoms with Crippen molar-refractivity contribution in [1.29, 1.82) is 0 Å². The van der Waals surface area contributed by atoms with E-state index in [1.165, 1.54) is 17.6 Å². The van der Waals surface area contributed by atoms with E-state index in [4.69, 9.17) is 9.15 Å². The highest BCUT2D eigenvalue weighted by Crippen LogP contribution is 2.18. The van der Waals surface area contributed by atoms with E-state index in [0.29, 0.717) is 16.5 Å². The first-order valence-electron chi connectivity index (χ1n) is 6.69. The summed E-state index contributed by atoms with van der Waals surface area (Å²) in [7, 11) is 0. The van der Waals surface area contributed by atoms with Crippen molar-refractivity contribution in [2.24, 2.45) is 0 Å². The lowest BCUT2D eigenvalue weighted by Crippen LogP contribution is -2.13. The molecule has 0 unspecified atom stereocenters. The molecule has 0 bridgehead atoms. The highest BCUT2D eigenvalue weighted by atomic mass is 32.1. The number of hydrogen-bond acceptors (Lipinski definition) is 5. The normalized spacial score (nSPS) is 10.4. The molecule has 0 atom stereocenters. The Bertz CT molecular complexity index is 748. The summed E-state index contributed by atoms with van der Waals surface area (Å²) >= 11 is 1.36. The number of hydrogen-bond donors (Lipinski definition) is 1. The fraction of sp³-hybridized carbons (Fsp3) is 0.125. The van der Waals surface area contributed by atoms with Gasteiger partial charge in [-0.3, -0.25) is 10.1 Å². The van der Waals surface area contributed by atoms with Gasteiger partial charge in [0, 0.05) is 11.6 Å². The molecule has 0 aliphatic heterocycles. The molecule has 5 nitrogen and oxygen atoms in total. The number of benzene rings is 1. The highest BCUT2D eigenvalue weighted by molar-refractivity contribution is 7.13. The van der Waals surface area contributed by atoms with Crippen LogP contribution < -0.4 is 10.1 Å². The second-order valence-electron chi connectivity index (χ2n) is 4.65. The number of carbonyl (C=O) groups excluding carboxylic acids is 1. The lowest BCUT2D eigenvalue weighted by Gasteiger charge is -2.06. The van der Waals surface area contributed by atoms with E-state index in [-0.39, 0.29) is 12.5 Å². The maximum atomic E-state index is 12.2. The van der Waals surface area contributed by atoms with E-state index < -0.39 is 0 Å². The summed E-state index contributed by atoms with van der Waals surface area (Å²) in [6.07, 6.45) is 3.11. The van der Waals surface area contributed by atoms with Gasteiger partial charge in [0.05, 0.1) is 11.8 Å². The number of thiazole rings is 1. The standard InChI is InChI=1S/C16H14N2O3S/c1-11-2-4-12(5-3-11)21-10-14-13(6-8-20-14)15(19)18-16-17-7-9-22-16/h2-9H,10H2,1H3,(H,17,18,19). The molecular weight excluding hydrogens is 300 g/mol. The predicted molar refractivity (Wildman–Crippen MR) is 84.3 cm³/mol. The number of furan rings is 1. The van der Waals surface area contributed by atoms with Gasteiger partial charge >= 0.3 is 0 Å². The van der Waals surface area contributed by atoms with E-state index in [9.17, 15) is 4.79 Å². The fourth-order valence-electron chi connectivity index (χ4n) is 1.89. The summed E-state index contributed by atoms with van der Waals surface area (Å²) < 4.78 is 11.0. The van der Waals surface area contributed by atoms with Crippen LogP contribution in [0, 0.1) is 6.92 Å². The van der Waals surface area contributed by atoms with Crippen molar-refractivity contribution in [2.45, 2.75) is 13.5 Å². The second kappa shape index (κ2) is 6.44. The molecule has 1 amide bonds. The average molecular weight is 314 g/mol. The molecule has 3 rings (SSSR count). The number of nitrogens with one attached hydrogen (secondary N) is 1. The Hall–Kier alpha value is -2.60. The SMILES string of the molecule is Cc1ccc(OCc2occc2C(=O)Nc2nccs2)cc1. The maximum absolute atomic E-state index is 12.2. The Balaban J connectivity index is 1.66. The first-order valence-corrected chi connectivity index (χ1v) is 7.57. The molecule has 2 aromatic heterocycles. The number of amides is 1. The second-order valence-corrected chi connectivity index (χ2v) is 5.55. The van der Waals surface area contributed by atoms with Gasteiger partial charge in [0.2, 0.25) is 0 Å². The summed E-state index contributed by atoms with van der Waals surface area (Å²) in [5, 5.41) is 5.07. The number of rotatable bonds is 5. The summed E-state index contributed by atoms with van der Waals surface area (Å²) in [5.41, 5.74) is 1.61. The lowest BCUT2D eigenvalue weighted by molar-refractivity contribution is 0.102. The van der Waals surface area contributed by atoms with Crippen LogP contribution in [0.4, 0.5) is 5.13 Å². The van der Waals surface area contributed by atoms with Gasteiger partial charge in [-0.25, -0.2) is 4.98 Å².